The first-order valence-electron chi connectivity index (χ1n) is 8.42. The van der Waals surface area contributed by atoms with Crippen molar-refractivity contribution in [1.82, 2.24) is 10.1 Å². The molecule has 25 heavy (non-hydrogen) atoms. The van der Waals surface area contributed by atoms with Crippen molar-refractivity contribution in [3.8, 4) is 17.3 Å². The molecule has 6 nitrogen and oxygen atoms in total. The molecule has 0 amide bonds. The average Bonchev–Trinajstić information content (AvgIpc) is 3.34. The fourth-order valence-electron chi connectivity index (χ4n) is 3.12. The largest absolute Gasteiger partial charge is 0.497 e. The molecule has 0 bridgehead atoms. The molecule has 4 rings (SSSR count). The Morgan fingerprint density at radius 2 is 1.92 bits per heavy atom. The summed E-state index contributed by atoms with van der Waals surface area (Å²) in [6.07, 6.45) is 1.63. The average molecular weight is 339 g/mol. The number of benzene rings is 1. The molecule has 3 aromatic rings. The lowest BCUT2D eigenvalue weighted by Gasteiger charge is -2.35. The van der Waals surface area contributed by atoms with Gasteiger partial charge in [-0.25, -0.2) is 0 Å². The number of ether oxygens (including phenoxy) is 1. The standard InChI is InChI=1S/C19H21N3O3/c1-23-17-5-2-4-16(13-17)22-9-7-21(8-10-22)14-15-12-19(25-20-15)18-6-3-11-24-18/h2-6,11-13H,7-10,14H2,1H3. The van der Waals surface area contributed by atoms with Gasteiger partial charge in [-0.05, 0) is 24.3 Å². The summed E-state index contributed by atoms with van der Waals surface area (Å²) in [6.45, 7) is 4.72. The van der Waals surface area contributed by atoms with Gasteiger partial charge in [0.05, 0.1) is 19.1 Å². The van der Waals surface area contributed by atoms with E-state index in [0.29, 0.717) is 11.5 Å². The highest BCUT2D eigenvalue weighted by Gasteiger charge is 2.19. The molecule has 1 aliphatic rings. The highest BCUT2D eigenvalue weighted by atomic mass is 16.5. The number of rotatable bonds is 5. The molecule has 0 atom stereocenters. The fraction of sp³-hybridized carbons (Fsp3) is 0.316. The maximum Gasteiger partial charge on any atom is 0.202 e. The predicted octanol–water partition coefficient (Wildman–Crippen LogP) is 3.27. The minimum Gasteiger partial charge on any atom is -0.497 e. The minimum absolute atomic E-state index is 0.676. The Balaban J connectivity index is 1.34. The van der Waals surface area contributed by atoms with Crippen LogP contribution in [0.2, 0.25) is 0 Å². The Bertz CT molecular complexity index is 805. The van der Waals surface area contributed by atoms with E-state index in [-0.39, 0.29) is 0 Å². The van der Waals surface area contributed by atoms with Crippen LogP contribution in [-0.2, 0) is 6.54 Å². The van der Waals surface area contributed by atoms with Gasteiger partial charge in [-0.2, -0.15) is 0 Å². The molecule has 6 heteroatoms. The number of hydrogen-bond acceptors (Lipinski definition) is 6. The maximum absolute atomic E-state index is 5.37. The van der Waals surface area contributed by atoms with Crippen molar-refractivity contribution in [2.45, 2.75) is 6.54 Å². The summed E-state index contributed by atoms with van der Waals surface area (Å²) < 4.78 is 16.0. The summed E-state index contributed by atoms with van der Waals surface area (Å²) in [5.41, 5.74) is 2.14. The van der Waals surface area contributed by atoms with Crippen LogP contribution in [0.5, 0.6) is 5.75 Å². The predicted molar refractivity (Wildman–Crippen MR) is 94.7 cm³/mol. The van der Waals surface area contributed by atoms with Crippen molar-refractivity contribution < 1.29 is 13.7 Å². The minimum atomic E-state index is 0.676. The normalized spacial score (nSPS) is 15.5. The second kappa shape index (κ2) is 7.03. The van der Waals surface area contributed by atoms with E-state index in [1.807, 2.05) is 30.3 Å². The molecule has 0 N–H and O–H groups in total. The van der Waals surface area contributed by atoms with Crippen LogP contribution in [0.25, 0.3) is 11.5 Å². The summed E-state index contributed by atoms with van der Waals surface area (Å²) >= 11 is 0. The molecule has 0 unspecified atom stereocenters. The lowest BCUT2D eigenvalue weighted by Crippen LogP contribution is -2.46. The Hall–Kier alpha value is -2.73. The number of nitrogens with zero attached hydrogens (tertiary/aromatic N) is 3. The van der Waals surface area contributed by atoms with Crippen LogP contribution in [0.1, 0.15) is 5.69 Å². The van der Waals surface area contributed by atoms with Gasteiger partial charge >= 0.3 is 0 Å². The van der Waals surface area contributed by atoms with Crippen molar-refractivity contribution in [2.24, 2.45) is 0 Å². The molecular weight excluding hydrogens is 318 g/mol. The number of aromatic nitrogens is 1. The van der Waals surface area contributed by atoms with Gasteiger partial charge < -0.3 is 18.6 Å². The zero-order chi connectivity index (χ0) is 17.1. The zero-order valence-corrected chi connectivity index (χ0v) is 14.2. The molecule has 0 aliphatic carbocycles. The van der Waals surface area contributed by atoms with Crippen LogP contribution in [0.15, 0.2) is 57.7 Å². The van der Waals surface area contributed by atoms with Crippen molar-refractivity contribution in [3.05, 3.63) is 54.4 Å². The molecular formula is C19H21N3O3. The molecule has 1 aliphatic heterocycles. The molecule has 1 fully saturated rings. The van der Waals surface area contributed by atoms with E-state index in [4.69, 9.17) is 13.7 Å². The summed E-state index contributed by atoms with van der Waals surface area (Å²) in [7, 11) is 1.70. The smallest absolute Gasteiger partial charge is 0.202 e. The Kier molecular flexibility index (Phi) is 4.43. The summed E-state index contributed by atoms with van der Waals surface area (Å²) in [6, 6.07) is 13.9. The lowest BCUT2D eigenvalue weighted by atomic mass is 10.2. The van der Waals surface area contributed by atoms with Gasteiger partial charge in [0.1, 0.15) is 5.75 Å². The topological polar surface area (TPSA) is 54.9 Å². The Morgan fingerprint density at radius 1 is 1.04 bits per heavy atom. The van der Waals surface area contributed by atoms with E-state index in [2.05, 4.69) is 27.1 Å². The number of hydrogen-bond donors (Lipinski definition) is 0. The number of methoxy groups -OCH3 is 1. The molecule has 3 heterocycles. The number of piperazine rings is 1. The number of anilines is 1. The van der Waals surface area contributed by atoms with Gasteiger partial charge in [-0.3, -0.25) is 4.90 Å². The Labute approximate surface area is 146 Å². The van der Waals surface area contributed by atoms with Gasteiger partial charge in [0.25, 0.3) is 0 Å². The molecule has 1 saturated heterocycles. The van der Waals surface area contributed by atoms with E-state index in [1.165, 1.54) is 5.69 Å². The SMILES string of the molecule is COc1cccc(N2CCN(Cc3cc(-c4ccco4)on3)CC2)c1. The monoisotopic (exact) mass is 339 g/mol. The second-order valence-electron chi connectivity index (χ2n) is 6.12. The maximum atomic E-state index is 5.37. The highest BCUT2D eigenvalue weighted by molar-refractivity contribution is 5.51. The van der Waals surface area contributed by atoms with E-state index < -0.39 is 0 Å². The van der Waals surface area contributed by atoms with Gasteiger partial charge in [0.15, 0.2) is 5.76 Å². The molecule has 130 valence electrons. The number of furan rings is 1. The molecule has 1 aromatic carbocycles. The fourth-order valence-corrected chi connectivity index (χ4v) is 3.12. The first-order valence-corrected chi connectivity index (χ1v) is 8.42. The van der Waals surface area contributed by atoms with Crippen LogP contribution in [0.3, 0.4) is 0 Å². The third-order valence-corrected chi connectivity index (χ3v) is 4.50. The van der Waals surface area contributed by atoms with Gasteiger partial charge in [-0.1, -0.05) is 11.2 Å². The van der Waals surface area contributed by atoms with Gasteiger partial charge in [-0.15, -0.1) is 0 Å². The Morgan fingerprint density at radius 3 is 2.68 bits per heavy atom. The van der Waals surface area contributed by atoms with Crippen LogP contribution in [0, 0.1) is 0 Å². The van der Waals surface area contributed by atoms with Crippen molar-refractivity contribution in [2.75, 3.05) is 38.2 Å². The van der Waals surface area contributed by atoms with Crippen molar-refractivity contribution in [1.29, 1.82) is 0 Å². The van der Waals surface area contributed by atoms with E-state index in [0.717, 1.165) is 44.2 Å². The third kappa shape index (κ3) is 3.53. The summed E-state index contributed by atoms with van der Waals surface area (Å²) in [5, 5.41) is 4.16. The summed E-state index contributed by atoms with van der Waals surface area (Å²) in [5.74, 6) is 2.28. The molecule has 0 saturated carbocycles. The van der Waals surface area contributed by atoms with Gasteiger partial charge in [0.2, 0.25) is 5.76 Å². The molecule has 0 spiro atoms. The van der Waals surface area contributed by atoms with E-state index in [9.17, 15) is 0 Å². The van der Waals surface area contributed by atoms with Crippen LogP contribution >= 0.6 is 0 Å². The quantitative estimate of drug-likeness (QED) is 0.711. The van der Waals surface area contributed by atoms with Crippen molar-refractivity contribution in [3.63, 3.8) is 0 Å². The van der Waals surface area contributed by atoms with E-state index in [1.54, 1.807) is 13.4 Å². The van der Waals surface area contributed by atoms with E-state index >= 15 is 0 Å². The van der Waals surface area contributed by atoms with Gasteiger partial charge in [0, 0.05) is 50.5 Å². The van der Waals surface area contributed by atoms with Crippen LogP contribution in [-0.4, -0.2) is 43.3 Å². The zero-order valence-electron chi connectivity index (χ0n) is 14.2. The first-order chi connectivity index (χ1) is 12.3. The summed E-state index contributed by atoms with van der Waals surface area (Å²) in [4.78, 5) is 4.77. The third-order valence-electron chi connectivity index (χ3n) is 4.50. The highest BCUT2D eigenvalue weighted by Crippen LogP contribution is 2.24. The molecule has 0 radical (unpaired) electrons. The molecule has 2 aromatic heterocycles. The van der Waals surface area contributed by atoms with Crippen LogP contribution < -0.4 is 9.64 Å². The second-order valence-corrected chi connectivity index (χ2v) is 6.12. The van der Waals surface area contributed by atoms with Crippen molar-refractivity contribution >= 4 is 5.69 Å². The van der Waals surface area contributed by atoms with Crippen LogP contribution in [0.4, 0.5) is 5.69 Å². The first kappa shape index (κ1) is 15.8. The lowest BCUT2D eigenvalue weighted by molar-refractivity contribution is 0.242.